The molecule has 0 atom stereocenters. The number of hydrogen-bond acceptors (Lipinski definition) is 4. The second-order valence-corrected chi connectivity index (χ2v) is 4.04. The summed E-state index contributed by atoms with van der Waals surface area (Å²) in [5.41, 5.74) is 9.65. The van der Waals surface area contributed by atoms with E-state index in [4.69, 9.17) is 5.73 Å². The highest BCUT2D eigenvalue weighted by Gasteiger charge is 2.09. The van der Waals surface area contributed by atoms with Gasteiger partial charge in [0, 0.05) is 29.4 Å². The minimum Gasteiger partial charge on any atom is -0.383 e. The lowest BCUT2D eigenvalue weighted by molar-refractivity contribution is 0.939. The Labute approximate surface area is 101 Å². The Morgan fingerprint density at radius 1 is 1.18 bits per heavy atom. The quantitative estimate of drug-likeness (QED) is 0.856. The first-order valence-electron chi connectivity index (χ1n) is 5.67. The van der Waals surface area contributed by atoms with Crippen molar-refractivity contribution in [1.82, 2.24) is 15.0 Å². The maximum atomic E-state index is 5.89. The fraction of sp³-hybridized carbons (Fsp3) is 0.308. The van der Waals surface area contributed by atoms with Gasteiger partial charge in [0.15, 0.2) is 0 Å². The Hall–Kier alpha value is -1.97. The van der Waals surface area contributed by atoms with Gasteiger partial charge in [-0.1, -0.05) is 6.92 Å². The Kier molecular flexibility index (Phi) is 3.04. The minimum atomic E-state index is 0.549. The van der Waals surface area contributed by atoms with Crippen LogP contribution >= 0.6 is 0 Å². The number of aromatic nitrogens is 3. The van der Waals surface area contributed by atoms with Crippen LogP contribution in [0.25, 0.3) is 11.3 Å². The standard InChI is InChI=1S/C13H16N4/c1-4-11-16-12(9(3)13(14)17-11)10-6-5-8(2)15-7-10/h5-7H,4H2,1-3H3,(H2,14,16,17). The predicted molar refractivity (Wildman–Crippen MR) is 68.5 cm³/mol. The van der Waals surface area contributed by atoms with Gasteiger partial charge in [-0.2, -0.15) is 0 Å². The Morgan fingerprint density at radius 3 is 2.53 bits per heavy atom. The van der Waals surface area contributed by atoms with Crippen LogP contribution in [0.1, 0.15) is 24.0 Å². The molecule has 0 amide bonds. The third-order valence-electron chi connectivity index (χ3n) is 2.73. The fourth-order valence-electron chi connectivity index (χ4n) is 1.63. The Bertz CT molecular complexity index is 532. The molecule has 2 N–H and O–H groups in total. The van der Waals surface area contributed by atoms with E-state index in [-0.39, 0.29) is 0 Å². The van der Waals surface area contributed by atoms with E-state index in [0.29, 0.717) is 5.82 Å². The molecule has 0 fully saturated rings. The van der Waals surface area contributed by atoms with Crippen LogP contribution < -0.4 is 5.73 Å². The van der Waals surface area contributed by atoms with Gasteiger partial charge in [-0.3, -0.25) is 4.98 Å². The van der Waals surface area contributed by atoms with Crippen LogP contribution in [0.2, 0.25) is 0 Å². The molecular formula is C13H16N4. The third kappa shape index (κ3) is 2.25. The summed E-state index contributed by atoms with van der Waals surface area (Å²) >= 11 is 0. The van der Waals surface area contributed by atoms with Crippen LogP contribution in [0.15, 0.2) is 18.3 Å². The second kappa shape index (κ2) is 4.49. The summed E-state index contributed by atoms with van der Waals surface area (Å²) in [4.78, 5) is 13.0. The van der Waals surface area contributed by atoms with E-state index in [1.165, 1.54) is 0 Å². The zero-order valence-electron chi connectivity index (χ0n) is 10.4. The first kappa shape index (κ1) is 11.5. The van der Waals surface area contributed by atoms with Crippen molar-refractivity contribution in [3.8, 4) is 11.3 Å². The summed E-state index contributed by atoms with van der Waals surface area (Å²) in [5, 5.41) is 0. The van der Waals surface area contributed by atoms with Crippen molar-refractivity contribution in [1.29, 1.82) is 0 Å². The van der Waals surface area contributed by atoms with Crippen molar-refractivity contribution in [2.45, 2.75) is 27.2 Å². The van der Waals surface area contributed by atoms with Gasteiger partial charge in [-0.15, -0.1) is 0 Å². The van der Waals surface area contributed by atoms with E-state index in [0.717, 1.165) is 34.8 Å². The summed E-state index contributed by atoms with van der Waals surface area (Å²) in [7, 11) is 0. The fourth-order valence-corrected chi connectivity index (χ4v) is 1.63. The molecule has 0 bridgehead atoms. The van der Waals surface area contributed by atoms with Crippen molar-refractivity contribution < 1.29 is 0 Å². The van der Waals surface area contributed by atoms with E-state index in [1.807, 2.05) is 39.1 Å². The molecule has 2 aromatic rings. The third-order valence-corrected chi connectivity index (χ3v) is 2.73. The highest BCUT2D eigenvalue weighted by molar-refractivity contribution is 5.66. The normalized spacial score (nSPS) is 10.5. The van der Waals surface area contributed by atoms with Gasteiger partial charge >= 0.3 is 0 Å². The van der Waals surface area contributed by atoms with Crippen LogP contribution in [-0.2, 0) is 6.42 Å². The number of nitrogens with zero attached hydrogens (tertiary/aromatic N) is 3. The molecule has 0 saturated heterocycles. The highest BCUT2D eigenvalue weighted by Crippen LogP contribution is 2.23. The highest BCUT2D eigenvalue weighted by atomic mass is 15.0. The molecule has 0 aliphatic rings. The number of aryl methyl sites for hydroxylation is 2. The SMILES string of the molecule is CCc1nc(N)c(C)c(-c2ccc(C)nc2)n1. The smallest absolute Gasteiger partial charge is 0.131 e. The molecule has 2 heterocycles. The van der Waals surface area contributed by atoms with Crippen molar-refractivity contribution >= 4 is 5.82 Å². The number of nitrogen functional groups attached to an aromatic ring is 1. The van der Waals surface area contributed by atoms with Gasteiger partial charge in [0.05, 0.1) is 5.69 Å². The molecular weight excluding hydrogens is 212 g/mol. The van der Waals surface area contributed by atoms with Crippen LogP contribution in [0.5, 0.6) is 0 Å². The van der Waals surface area contributed by atoms with E-state index < -0.39 is 0 Å². The molecule has 2 rings (SSSR count). The van der Waals surface area contributed by atoms with Gasteiger partial charge in [0.1, 0.15) is 11.6 Å². The summed E-state index contributed by atoms with van der Waals surface area (Å²) < 4.78 is 0. The molecule has 0 spiro atoms. The lowest BCUT2D eigenvalue weighted by Gasteiger charge is -2.09. The zero-order chi connectivity index (χ0) is 12.4. The largest absolute Gasteiger partial charge is 0.383 e. The maximum Gasteiger partial charge on any atom is 0.131 e. The molecule has 0 saturated carbocycles. The average Bonchev–Trinajstić information content (AvgIpc) is 2.34. The zero-order valence-corrected chi connectivity index (χ0v) is 10.4. The van der Waals surface area contributed by atoms with E-state index in [9.17, 15) is 0 Å². The molecule has 0 radical (unpaired) electrons. The number of hydrogen-bond donors (Lipinski definition) is 1. The molecule has 0 aromatic carbocycles. The van der Waals surface area contributed by atoms with E-state index in [2.05, 4.69) is 15.0 Å². The number of nitrogens with two attached hydrogens (primary N) is 1. The predicted octanol–water partition coefficient (Wildman–Crippen LogP) is 2.30. The average molecular weight is 228 g/mol. The van der Waals surface area contributed by atoms with Crippen LogP contribution in [-0.4, -0.2) is 15.0 Å². The summed E-state index contributed by atoms with van der Waals surface area (Å²) in [5.74, 6) is 1.32. The number of rotatable bonds is 2. The Balaban J connectivity index is 2.57. The summed E-state index contributed by atoms with van der Waals surface area (Å²) in [6, 6.07) is 3.98. The van der Waals surface area contributed by atoms with E-state index >= 15 is 0 Å². The number of pyridine rings is 1. The molecule has 4 nitrogen and oxygen atoms in total. The van der Waals surface area contributed by atoms with Gasteiger partial charge < -0.3 is 5.73 Å². The van der Waals surface area contributed by atoms with Crippen LogP contribution in [0.3, 0.4) is 0 Å². The molecule has 17 heavy (non-hydrogen) atoms. The summed E-state index contributed by atoms with van der Waals surface area (Å²) in [6.45, 7) is 5.91. The monoisotopic (exact) mass is 228 g/mol. The topological polar surface area (TPSA) is 64.7 Å². The van der Waals surface area contributed by atoms with Gasteiger partial charge in [0.2, 0.25) is 0 Å². The minimum absolute atomic E-state index is 0.549. The molecule has 0 aliphatic heterocycles. The lowest BCUT2D eigenvalue weighted by Crippen LogP contribution is -2.04. The first-order chi connectivity index (χ1) is 8.11. The van der Waals surface area contributed by atoms with Crippen molar-refractivity contribution in [2.24, 2.45) is 0 Å². The van der Waals surface area contributed by atoms with E-state index in [1.54, 1.807) is 0 Å². The van der Waals surface area contributed by atoms with Gasteiger partial charge in [-0.25, -0.2) is 9.97 Å². The maximum absolute atomic E-state index is 5.89. The number of anilines is 1. The molecule has 4 heteroatoms. The first-order valence-corrected chi connectivity index (χ1v) is 5.67. The van der Waals surface area contributed by atoms with Crippen molar-refractivity contribution in [3.05, 3.63) is 35.4 Å². The second-order valence-electron chi connectivity index (χ2n) is 4.04. The molecule has 0 aliphatic carbocycles. The Morgan fingerprint density at radius 2 is 1.94 bits per heavy atom. The van der Waals surface area contributed by atoms with Crippen molar-refractivity contribution in [2.75, 3.05) is 5.73 Å². The molecule has 0 unspecified atom stereocenters. The molecule has 88 valence electrons. The lowest BCUT2D eigenvalue weighted by atomic mass is 10.1. The van der Waals surface area contributed by atoms with Crippen LogP contribution in [0.4, 0.5) is 5.82 Å². The van der Waals surface area contributed by atoms with Gasteiger partial charge in [0.25, 0.3) is 0 Å². The van der Waals surface area contributed by atoms with Gasteiger partial charge in [-0.05, 0) is 26.0 Å². The van der Waals surface area contributed by atoms with Crippen molar-refractivity contribution in [3.63, 3.8) is 0 Å². The van der Waals surface area contributed by atoms with Crippen LogP contribution in [0, 0.1) is 13.8 Å². The molecule has 2 aromatic heterocycles. The summed E-state index contributed by atoms with van der Waals surface area (Å²) in [6.07, 6.45) is 2.60.